The zero-order valence-electron chi connectivity index (χ0n) is 20.5. The van der Waals surface area contributed by atoms with Crippen molar-refractivity contribution in [2.45, 2.75) is 32.2 Å². The Morgan fingerprint density at radius 3 is 2.65 bits per heavy atom. The van der Waals surface area contributed by atoms with Gasteiger partial charge in [-0.25, -0.2) is 9.97 Å². The van der Waals surface area contributed by atoms with Gasteiger partial charge in [-0.2, -0.15) is 0 Å². The van der Waals surface area contributed by atoms with E-state index in [0.29, 0.717) is 46.8 Å². The van der Waals surface area contributed by atoms with Crippen LogP contribution in [0.1, 0.15) is 42.1 Å². The van der Waals surface area contributed by atoms with Crippen LogP contribution < -0.4 is 10.1 Å². The molecule has 1 aliphatic heterocycles. The summed E-state index contributed by atoms with van der Waals surface area (Å²) in [5, 5.41) is 3.99. The molecule has 8 nitrogen and oxygen atoms in total. The molecule has 2 N–H and O–H groups in total. The summed E-state index contributed by atoms with van der Waals surface area (Å²) in [6, 6.07) is 16.5. The number of carbonyl (C=O) groups excluding carboxylic acids is 2. The van der Waals surface area contributed by atoms with Crippen LogP contribution in [0.15, 0.2) is 67.1 Å². The van der Waals surface area contributed by atoms with Crippen LogP contribution >= 0.6 is 0 Å². The molecule has 0 bridgehead atoms. The number of hydrogen-bond acceptors (Lipinski definition) is 6. The minimum absolute atomic E-state index is 0.00219. The van der Waals surface area contributed by atoms with Gasteiger partial charge in [0.05, 0.1) is 10.9 Å². The molecule has 1 saturated heterocycles. The van der Waals surface area contributed by atoms with E-state index in [1.807, 2.05) is 35.2 Å². The number of hydrogen-bond donors (Lipinski definition) is 2. The summed E-state index contributed by atoms with van der Waals surface area (Å²) < 4.78 is 5.84. The van der Waals surface area contributed by atoms with E-state index < -0.39 is 0 Å². The number of nitrogens with one attached hydrogen (secondary N) is 2. The van der Waals surface area contributed by atoms with Crippen LogP contribution in [0.2, 0.25) is 0 Å². The first-order valence-corrected chi connectivity index (χ1v) is 12.3. The number of rotatable bonds is 7. The summed E-state index contributed by atoms with van der Waals surface area (Å²) in [5.74, 6) is 6.98. The lowest BCUT2D eigenvalue weighted by Gasteiger charge is -2.34. The Labute approximate surface area is 215 Å². The Morgan fingerprint density at radius 2 is 1.86 bits per heavy atom. The number of anilines is 1. The lowest BCUT2D eigenvalue weighted by Crippen LogP contribution is -2.46. The summed E-state index contributed by atoms with van der Waals surface area (Å²) in [6.07, 6.45) is 6.02. The van der Waals surface area contributed by atoms with E-state index in [0.717, 1.165) is 25.0 Å². The number of fused-ring (bicyclic) bond motifs is 1. The smallest absolute Gasteiger partial charge is 0.298 e. The van der Waals surface area contributed by atoms with E-state index >= 15 is 0 Å². The summed E-state index contributed by atoms with van der Waals surface area (Å²) in [4.78, 5) is 39.5. The number of piperidine rings is 1. The first-order chi connectivity index (χ1) is 18.1. The normalized spacial score (nSPS) is 15.1. The monoisotopic (exact) mass is 493 g/mol. The molecule has 4 aromatic rings. The van der Waals surface area contributed by atoms with Crippen molar-refractivity contribution in [1.82, 2.24) is 19.9 Å². The van der Waals surface area contributed by atoms with Gasteiger partial charge in [0.25, 0.3) is 5.91 Å². The number of aromatic nitrogens is 3. The maximum absolute atomic E-state index is 13.5. The van der Waals surface area contributed by atoms with Crippen molar-refractivity contribution in [3.63, 3.8) is 0 Å². The Balaban J connectivity index is 1.35. The number of ketones is 1. The van der Waals surface area contributed by atoms with Gasteiger partial charge in [-0.3, -0.25) is 9.59 Å². The third-order valence-electron chi connectivity index (χ3n) is 6.43. The zero-order chi connectivity index (χ0) is 25.6. The van der Waals surface area contributed by atoms with E-state index in [2.05, 4.69) is 32.1 Å². The van der Waals surface area contributed by atoms with Crippen molar-refractivity contribution in [3.05, 3.63) is 78.2 Å². The Bertz CT molecular complexity index is 1470. The third kappa shape index (κ3) is 5.31. The molecule has 37 heavy (non-hydrogen) atoms. The lowest BCUT2D eigenvalue weighted by atomic mass is 10.0. The Kier molecular flexibility index (Phi) is 7.13. The molecule has 1 aliphatic rings. The van der Waals surface area contributed by atoms with E-state index in [4.69, 9.17) is 4.74 Å². The first kappa shape index (κ1) is 24.1. The number of benzene rings is 2. The highest BCUT2D eigenvalue weighted by Crippen LogP contribution is 2.28. The minimum Gasteiger partial charge on any atom is -0.457 e. The van der Waals surface area contributed by atoms with Gasteiger partial charge in [-0.15, -0.1) is 0 Å². The maximum atomic E-state index is 13.5. The van der Waals surface area contributed by atoms with Crippen LogP contribution in [-0.2, 0) is 4.79 Å². The SMILES string of the molecule is CC#CC(=O)N1CCCCC1CNc1ncnc2[nH]cc(C(=O)c3ccc(Oc4ccccc4)cc3)c12. The Morgan fingerprint density at radius 1 is 1.08 bits per heavy atom. The number of para-hydroxylation sites is 1. The summed E-state index contributed by atoms with van der Waals surface area (Å²) in [5.41, 5.74) is 1.57. The van der Waals surface area contributed by atoms with Crippen molar-refractivity contribution in [1.29, 1.82) is 0 Å². The van der Waals surface area contributed by atoms with Gasteiger partial charge in [0.2, 0.25) is 0 Å². The summed E-state index contributed by atoms with van der Waals surface area (Å²) in [6.45, 7) is 2.87. The number of ether oxygens (including phenoxy) is 1. The maximum Gasteiger partial charge on any atom is 0.298 e. The fourth-order valence-corrected chi connectivity index (χ4v) is 4.60. The number of amides is 1. The zero-order valence-corrected chi connectivity index (χ0v) is 20.5. The van der Waals surface area contributed by atoms with Crippen LogP contribution in [0.25, 0.3) is 11.0 Å². The van der Waals surface area contributed by atoms with Gasteiger partial charge in [-0.05, 0) is 68.5 Å². The molecule has 0 aliphatic carbocycles. The van der Waals surface area contributed by atoms with Crippen molar-refractivity contribution < 1.29 is 14.3 Å². The molecule has 8 heteroatoms. The molecule has 5 rings (SSSR count). The van der Waals surface area contributed by atoms with E-state index in [1.165, 1.54) is 6.33 Å². The van der Waals surface area contributed by atoms with Crippen LogP contribution in [-0.4, -0.2) is 50.7 Å². The summed E-state index contributed by atoms with van der Waals surface area (Å²) in [7, 11) is 0. The van der Waals surface area contributed by atoms with Crippen molar-refractivity contribution in [2.24, 2.45) is 0 Å². The van der Waals surface area contributed by atoms with Gasteiger partial charge >= 0.3 is 0 Å². The average Bonchev–Trinajstić information content (AvgIpc) is 3.38. The van der Waals surface area contributed by atoms with Gasteiger partial charge in [0.15, 0.2) is 5.78 Å². The molecule has 3 heterocycles. The number of carbonyl (C=O) groups is 2. The highest BCUT2D eigenvalue weighted by molar-refractivity contribution is 6.18. The summed E-state index contributed by atoms with van der Waals surface area (Å²) >= 11 is 0. The number of likely N-dealkylation sites (tertiary alicyclic amines) is 1. The van der Waals surface area contributed by atoms with E-state index in [1.54, 1.807) is 37.4 Å². The second-order valence-electron chi connectivity index (χ2n) is 8.82. The van der Waals surface area contributed by atoms with Gasteiger partial charge in [-0.1, -0.05) is 24.1 Å². The minimum atomic E-state index is -0.154. The number of aromatic amines is 1. The molecule has 0 spiro atoms. The molecule has 186 valence electrons. The Hall–Kier alpha value is -4.64. The van der Waals surface area contributed by atoms with Crippen molar-refractivity contribution in [3.8, 4) is 23.3 Å². The largest absolute Gasteiger partial charge is 0.457 e. The number of H-pyrrole nitrogens is 1. The van der Waals surface area contributed by atoms with Gasteiger partial charge in [0.1, 0.15) is 29.3 Å². The van der Waals surface area contributed by atoms with Crippen molar-refractivity contribution >= 4 is 28.5 Å². The van der Waals surface area contributed by atoms with Crippen LogP contribution in [0.3, 0.4) is 0 Å². The molecule has 1 amide bonds. The topological polar surface area (TPSA) is 100 Å². The highest BCUT2D eigenvalue weighted by atomic mass is 16.5. The second-order valence-corrected chi connectivity index (χ2v) is 8.82. The van der Waals surface area contributed by atoms with Gasteiger partial charge < -0.3 is 19.9 Å². The van der Waals surface area contributed by atoms with Crippen LogP contribution in [0.4, 0.5) is 5.82 Å². The molecule has 0 saturated carbocycles. The standard InChI is InChI=1S/C29H27N5O3/c1-2-8-25(35)34-16-7-6-9-21(34)17-30-28-26-24(18-31-29(26)33-19-32-28)27(36)20-12-14-23(15-13-20)37-22-10-4-3-5-11-22/h3-5,10-15,18-19,21H,6-7,9,16-17H2,1H3,(H2,30,31,32,33). The molecular weight excluding hydrogens is 466 g/mol. The van der Waals surface area contributed by atoms with Crippen LogP contribution in [0, 0.1) is 11.8 Å². The number of nitrogens with zero attached hydrogens (tertiary/aromatic N) is 3. The predicted octanol–water partition coefficient (Wildman–Crippen LogP) is 4.80. The third-order valence-corrected chi connectivity index (χ3v) is 6.43. The van der Waals surface area contributed by atoms with Gasteiger partial charge in [0, 0.05) is 30.9 Å². The average molecular weight is 494 g/mol. The molecule has 2 aromatic heterocycles. The molecule has 0 radical (unpaired) electrons. The fraction of sp³-hybridized carbons (Fsp3) is 0.241. The van der Waals surface area contributed by atoms with E-state index in [9.17, 15) is 9.59 Å². The first-order valence-electron chi connectivity index (χ1n) is 12.3. The molecule has 2 aromatic carbocycles. The van der Waals surface area contributed by atoms with E-state index in [-0.39, 0.29) is 17.7 Å². The fourth-order valence-electron chi connectivity index (χ4n) is 4.60. The molecule has 1 atom stereocenters. The quantitative estimate of drug-likeness (QED) is 0.283. The van der Waals surface area contributed by atoms with Crippen LogP contribution in [0.5, 0.6) is 11.5 Å². The second kappa shape index (κ2) is 11.0. The molecule has 1 unspecified atom stereocenters. The highest BCUT2D eigenvalue weighted by Gasteiger charge is 2.26. The molecule has 1 fully saturated rings. The molecular formula is C29H27N5O3. The predicted molar refractivity (Wildman–Crippen MR) is 142 cm³/mol. The van der Waals surface area contributed by atoms with Crippen molar-refractivity contribution in [2.75, 3.05) is 18.4 Å². The lowest BCUT2D eigenvalue weighted by molar-refractivity contribution is -0.128.